The average Bonchev–Trinajstić information content (AvgIpc) is 2.43. The first kappa shape index (κ1) is 10.6. The highest BCUT2D eigenvalue weighted by atomic mass is 16.6. The smallest absolute Gasteiger partial charge is 0.374 e. The molecular formula is C9H12O5. The van der Waals surface area contributed by atoms with Crippen LogP contribution in [0, 0.1) is 0 Å². The summed E-state index contributed by atoms with van der Waals surface area (Å²) in [5.41, 5.74) is -0.0700. The Kier molecular flexibility index (Phi) is 3.11. The van der Waals surface area contributed by atoms with Gasteiger partial charge in [0.25, 0.3) is 0 Å². The summed E-state index contributed by atoms with van der Waals surface area (Å²) in [7, 11) is 0. The molecular weight excluding hydrogens is 188 g/mol. The van der Waals surface area contributed by atoms with Crippen molar-refractivity contribution in [2.45, 2.75) is 26.4 Å². The van der Waals surface area contributed by atoms with Crippen LogP contribution in [0.1, 0.15) is 20.3 Å². The van der Waals surface area contributed by atoms with Crippen LogP contribution in [0.2, 0.25) is 0 Å². The highest BCUT2D eigenvalue weighted by molar-refractivity contribution is 6.02. The van der Waals surface area contributed by atoms with Gasteiger partial charge >= 0.3 is 11.9 Å². The van der Waals surface area contributed by atoms with Gasteiger partial charge in [-0.2, -0.15) is 0 Å². The Hall–Kier alpha value is -1.52. The number of aliphatic hydroxyl groups excluding tert-OH is 1. The lowest BCUT2D eigenvalue weighted by molar-refractivity contribution is -0.143. The second-order valence-corrected chi connectivity index (χ2v) is 2.78. The fraction of sp³-hybridized carbons (Fsp3) is 0.556. The van der Waals surface area contributed by atoms with Gasteiger partial charge in [0.2, 0.25) is 5.76 Å². The zero-order chi connectivity index (χ0) is 10.7. The molecule has 14 heavy (non-hydrogen) atoms. The minimum atomic E-state index is -0.861. The molecule has 0 spiro atoms. The number of hydrogen-bond donors (Lipinski definition) is 1. The fourth-order valence-electron chi connectivity index (χ4n) is 1.23. The summed E-state index contributed by atoms with van der Waals surface area (Å²) >= 11 is 0. The van der Waals surface area contributed by atoms with Crippen LogP contribution < -0.4 is 0 Å². The summed E-state index contributed by atoms with van der Waals surface area (Å²) in [6.45, 7) is 3.59. The van der Waals surface area contributed by atoms with Gasteiger partial charge in [0, 0.05) is 0 Å². The lowest BCUT2D eigenvalue weighted by Gasteiger charge is -2.09. The molecule has 0 fully saturated rings. The molecule has 0 bridgehead atoms. The Morgan fingerprint density at radius 1 is 1.57 bits per heavy atom. The first-order chi connectivity index (χ1) is 6.61. The number of aliphatic hydroxyl groups is 1. The van der Waals surface area contributed by atoms with Crippen molar-refractivity contribution in [2.24, 2.45) is 0 Å². The van der Waals surface area contributed by atoms with E-state index >= 15 is 0 Å². The summed E-state index contributed by atoms with van der Waals surface area (Å²) in [5.74, 6) is -2.18. The Balaban J connectivity index is 2.91. The molecule has 1 rings (SSSR count). The lowest BCUT2D eigenvalue weighted by atomic mass is 10.1. The van der Waals surface area contributed by atoms with Gasteiger partial charge < -0.3 is 14.6 Å². The highest BCUT2D eigenvalue weighted by Gasteiger charge is 2.38. The third-order valence-electron chi connectivity index (χ3n) is 1.89. The first-order valence-electron chi connectivity index (χ1n) is 4.43. The van der Waals surface area contributed by atoms with Crippen LogP contribution in [0.4, 0.5) is 0 Å². The Morgan fingerprint density at radius 3 is 2.71 bits per heavy atom. The van der Waals surface area contributed by atoms with Gasteiger partial charge in [0.05, 0.1) is 6.61 Å². The van der Waals surface area contributed by atoms with Gasteiger partial charge in [-0.25, -0.2) is 9.59 Å². The summed E-state index contributed by atoms with van der Waals surface area (Å²) in [6, 6.07) is 0. The number of esters is 2. The molecule has 5 nitrogen and oxygen atoms in total. The van der Waals surface area contributed by atoms with Crippen molar-refractivity contribution in [2.75, 3.05) is 6.61 Å². The predicted molar refractivity (Wildman–Crippen MR) is 46.5 cm³/mol. The molecule has 1 aliphatic heterocycles. The van der Waals surface area contributed by atoms with E-state index in [9.17, 15) is 14.7 Å². The van der Waals surface area contributed by atoms with Crippen molar-refractivity contribution in [3.8, 4) is 0 Å². The summed E-state index contributed by atoms with van der Waals surface area (Å²) in [6.07, 6.45) is -0.245. The second-order valence-electron chi connectivity index (χ2n) is 2.78. The van der Waals surface area contributed by atoms with Crippen LogP contribution in [0.5, 0.6) is 0 Å². The molecule has 5 heteroatoms. The van der Waals surface area contributed by atoms with Crippen molar-refractivity contribution in [1.29, 1.82) is 0 Å². The quantitative estimate of drug-likeness (QED) is 0.679. The van der Waals surface area contributed by atoms with Crippen LogP contribution in [0.3, 0.4) is 0 Å². The van der Waals surface area contributed by atoms with E-state index in [1.54, 1.807) is 13.8 Å². The van der Waals surface area contributed by atoms with Crippen molar-refractivity contribution in [1.82, 2.24) is 0 Å². The average molecular weight is 200 g/mol. The molecule has 0 radical (unpaired) electrons. The van der Waals surface area contributed by atoms with Crippen LogP contribution in [-0.4, -0.2) is 29.8 Å². The van der Waals surface area contributed by atoms with E-state index in [-0.39, 0.29) is 12.2 Å². The normalized spacial score (nSPS) is 21.0. The zero-order valence-electron chi connectivity index (χ0n) is 8.07. The van der Waals surface area contributed by atoms with Crippen LogP contribution in [-0.2, 0) is 19.1 Å². The standard InChI is InChI=1S/C9H12O5/c1-3-5-6(8(11)13-4-2)7(10)9(12)14-5/h5,10H,3-4H2,1-2H3/t5-/m1/s1. The minimum absolute atomic E-state index is 0.0700. The number of carbonyl (C=O) groups is 2. The van der Waals surface area contributed by atoms with Crippen molar-refractivity contribution >= 4 is 11.9 Å². The van der Waals surface area contributed by atoms with Gasteiger partial charge in [-0.3, -0.25) is 0 Å². The van der Waals surface area contributed by atoms with Crippen LogP contribution >= 0.6 is 0 Å². The minimum Gasteiger partial charge on any atom is -0.501 e. The van der Waals surface area contributed by atoms with Crippen molar-refractivity contribution in [3.05, 3.63) is 11.3 Å². The van der Waals surface area contributed by atoms with Crippen molar-refractivity contribution < 1.29 is 24.2 Å². The van der Waals surface area contributed by atoms with Crippen LogP contribution in [0.15, 0.2) is 11.3 Å². The van der Waals surface area contributed by atoms with Crippen LogP contribution in [0.25, 0.3) is 0 Å². The molecule has 0 saturated heterocycles. The van der Waals surface area contributed by atoms with E-state index in [1.165, 1.54) is 0 Å². The maximum absolute atomic E-state index is 11.3. The Bertz CT molecular complexity index is 292. The monoisotopic (exact) mass is 200 g/mol. The molecule has 78 valence electrons. The molecule has 0 aromatic carbocycles. The molecule has 0 unspecified atom stereocenters. The number of carbonyl (C=O) groups excluding carboxylic acids is 2. The molecule has 0 aromatic rings. The molecule has 1 N–H and O–H groups in total. The molecule has 0 aliphatic carbocycles. The summed E-state index contributed by atoms with van der Waals surface area (Å²) < 4.78 is 9.43. The largest absolute Gasteiger partial charge is 0.501 e. The summed E-state index contributed by atoms with van der Waals surface area (Å²) in [5, 5.41) is 9.26. The van der Waals surface area contributed by atoms with E-state index in [1.807, 2.05) is 0 Å². The Morgan fingerprint density at radius 2 is 2.21 bits per heavy atom. The molecule has 1 heterocycles. The van der Waals surface area contributed by atoms with Gasteiger partial charge in [0.15, 0.2) is 0 Å². The van der Waals surface area contributed by atoms with E-state index in [0.29, 0.717) is 6.42 Å². The molecule has 1 aliphatic rings. The SMILES string of the molecule is CCOC(=O)C1=C(O)C(=O)O[C@@H]1CC. The summed E-state index contributed by atoms with van der Waals surface area (Å²) in [4.78, 5) is 22.2. The Labute approximate surface area is 81.3 Å². The number of rotatable bonds is 3. The highest BCUT2D eigenvalue weighted by Crippen LogP contribution is 2.24. The van der Waals surface area contributed by atoms with E-state index in [4.69, 9.17) is 4.74 Å². The maximum Gasteiger partial charge on any atom is 0.374 e. The maximum atomic E-state index is 11.3. The third-order valence-corrected chi connectivity index (χ3v) is 1.89. The van der Waals surface area contributed by atoms with Gasteiger partial charge in [0.1, 0.15) is 11.7 Å². The number of ether oxygens (including phenoxy) is 2. The molecule has 0 aromatic heterocycles. The van der Waals surface area contributed by atoms with Gasteiger partial charge in [-0.1, -0.05) is 6.92 Å². The first-order valence-corrected chi connectivity index (χ1v) is 4.43. The predicted octanol–water partition coefficient (Wildman–Crippen LogP) is 0.697. The van der Waals surface area contributed by atoms with E-state index in [2.05, 4.69) is 4.74 Å². The number of hydrogen-bond acceptors (Lipinski definition) is 5. The van der Waals surface area contributed by atoms with Gasteiger partial charge in [-0.15, -0.1) is 0 Å². The molecule has 0 amide bonds. The molecule has 0 saturated carbocycles. The fourth-order valence-corrected chi connectivity index (χ4v) is 1.23. The molecule has 1 atom stereocenters. The number of cyclic esters (lactones) is 1. The third kappa shape index (κ3) is 1.71. The lowest BCUT2D eigenvalue weighted by Crippen LogP contribution is -2.18. The van der Waals surface area contributed by atoms with E-state index in [0.717, 1.165) is 0 Å². The van der Waals surface area contributed by atoms with Gasteiger partial charge in [-0.05, 0) is 13.3 Å². The van der Waals surface area contributed by atoms with Crippen molar-refractivity contribution in [3.63, 3.8) is 0 Å². The second kappa shape index (κ2) is 4.13. The zero-order valence-corrected chi connectivity index (χ0v) is 8.07. The van der Waals surface area contributed by atoms with E-state index < -0.39 is 23.8 Å². The topological polar surface area (TPSA) is 72.8 Å².